The van der Waals surface area contributed by atoms with Gasteiger partial charge in [-0.3, -0.25) is 4.84 Å². The Hall–Kier alpha value is -0.340. The number of allylic oxidation sites excluding steroid dienone is 1. The highest BCUT2D eigenvalue weighted by molar-refractivity contribution is 4.97. The molecular formula is C15H29NO. The monoisotopic (exact) mass is 239 g/mol. The molecule has 1 heterocycles. The molecule has 0 atom stereocenters. The van der Waals surface area contributed by atoms with Crippen LogP contribution in [0.25, 0.3) is 0 Å². The third-order valence-corrected chi connectivity index (χ3v) is 3.87. The number of nitrogens with zero attached hydrogens (tertiary/aromatic N) is 1. The predicted molar refractivity (Wildman–Crippen MR) is 73.8 cm³/mol. The number of hydroxylamine groups is 2. The van der Waals surface area contributed by atoms with Crippen LogP contribution in [0.3, 0.4) is 0 Å². The third kappa shape index (κ3) is 3.82. The molecule has 1 fully saturated rings. The first-order valence-corrected chi connectivity index (χ1v) is 6.88. The van der Waals surface area contributed by atoms with Crippen molar-refractivity contribution >= 4 is 0 Å². The summed E-state index contributed by atoms with van der Waals surface area (Å²) in [4.78, 5) is 6.04. The minimum Gasteiger partial charge on any atom is -0.294 e. The van der Waals surface area contributed by atoms with E-state index in [1.165, 1.54) is 24.8 Å². The molecule has 0 amide bonds. The van der Waals surface area contributed by atoms with Crippen LogP contribution in [0.4, 0.5) is 0 Å². The Kier molecular flexibility index (Phi) is 4.79. The molecule has 0 spiro atoms. The Morgan fingerprint density at radius 2 is 1.71 bits per heavy atom. The summed E-state index contributed by atoms with van der Waals surface area (Å²) in [6.45, 7) is 14.2. The van der Waals surface area contributed by atoms with Crippen LogP contribution >= 0.6 is 0 Å². The van der Waals surface area contributed by atoms with Crippen LogP contribution in [-0.2, 0) is 4.84 Å². The molecule has 2 nitrogen and oxygen atoms in total. The van der Waals surface area contributed by atoms with Gasteiger partial charge in [-0.15, -0.1) is 0 Å². The molecule has 0 aromatic rings. The predicted octanol–water partition coefficient (Wildman–Crippen LogP) is 4.32. The van der Waals surface area contributed by atoms with Gasteiger partial charge in [0.15, 0.2) is 0 Å². The van der Waals surface area contributed by atoms with Gasteiger partial charge in [-0.2, -0.15) is 5.06 Å². The Bertz CT molecular complexity index is 263. The van der Waals surface area contributed by atoms with E-state index in [2.05, 4.69) is 52.7 Å². The first kappa shape index (κ1) is 14.7. The maximum atomic E-state index is 6.04. The average Bonchev–Trinajstić information content (AvgIpc) is 2.21. The van der Waals surface area contributed by atoms with Crippen molar-refractivity contribution in [3.63, 3.8) is 0 Å². The van der Waals surface area contributed by atoms with Crippen molar-refractivity contribution in [3.8, 4) is 0 Å². The Morgan fingerprint density at radius 1 is 1.18 bits per heavy atom. The fourth-order valence-electron chi connectivity index (χ4n) is 2.72. The Labute approximate surface area is 107 Å². The van der Waals surface area contributed by atoms with Crippen molar-refractivity contribution in [1.82, 2.24) is 5.06 Å². The van der Waals surface area contributed by atoms with Crippen LogP contribution in [0.5, 0.6) is 0 Å². The zero-order valence-electron chi connectivity index (χ0n) is 12.5. The van der Waals surface area contributed by atoms with E-state index in [1.807, 2.05) is 0 Å². The van der Waals surface area contributed by atoms with Crippen LogP contribution in [0.1, 0.15) is 67.2 Å². The van der Waals surface area contributed by atoms with Crippen LogP contribution < -0.4 is 0 Å². The largest absolute Gasteiger partial charge is 0.294 e. The van der Waals surface area contributed by atoms with Gasteiger partial charge >= 0.3 is 0 Å². The van der Waals surface area contributed by atoms with Crippen LogP contribution in [0, 0.1) is 0 Å². The molecule has 17 heavy (non-hydrogen) atoms. The molecule has 2 heteroatoms. The van der Waals surface area contributed by atoms with Crippen LogP contribution in [-0.4, -0.2) is 22.7 Å². The van der Waals surface area contributed by atoms with Gasteiger partial charge in [0, 0.05) is 11.1 Å². The zero-order valence-corrected chi connectivity index (χ0v) is 12.5. The second-order valence-corrected chi connectivity index (χ2v) is 6.47. The Balaban J connectivity index is 2.64. The molecule has 0 aliphatic carbocycles. The van der Waals surface area contributed by atoms with E-state index in [1.54, 1.807) is 0 Å². The van der Waals surface area contributed by atoms with Crippen molar-refractivity contribution in [1.29, 1.82) is 0 Å². The van der Waals surface area contributed by atoms with Crippen LogP contribution in [0.15, 0.2) is 11.6 Å². The summed E-state index contributed by atoms with van der Waals surface area (Å²) in [5.74, 6) is 0. The van der Waals surface area contributed by atoms with Gasteiger partial charge in [0.05, 0.1) is 6.61 Å². The van der Waals surface area contributed by atoms with E-state index in [0.717, 1.165) is 6.42 Å². The molecule has 0 unspecified atom stereocenters. The maximum Gasteiger partial charge on any atom is 0.0869 e. The van der Waals surface area contributed by atoms with Crippen molar-refractivity contribution < 1.29 is 4.84 Å². The van der Waals surface area contributed by atoms with Gasteiger partial charge in [0.25, 0.3) is 0 Å². The molecule has 100 valence electrons. The summed E-state index contributed by atoms with van der Waals surface area (Å²) in [6, 6.07) is 0. The zero-order chi connectivity index (χ0) is 13.1. The minimum atomic E-state index is 0.149. The van der Waals surface area contributed by atoms with Gasteiger partial charge in [0.1, 0.15) is 0 Å². The lowest BCUT2D eigenvalue weighted by molar-refractivity contribution is -0.274. The highest BCUT2D eigenvalue weighted by atomic mass is 16.7. The molecule has 0 aromatic carbocycles. The highest BCUT2D eigenvalue weighted by Crippen LogP contribution is 2.38. The Morgan fingerprint density at radius 3 is 2.18 bits per heavy atom. The van der Waals surface area contributed by atoms with Gasteiger partial charge in [-0.05, 0) is 60.3 Å². The summed E-state index contributed by atoms with van der Waals surface area (Å²) in [5, 5.41) is 2.23. The molecule has 1 rings (SSSR count). The van der Waals surface area contributed by atoms with E-state index in [4.69, 9.17) is 4.84 Å². The van der Waals surface area contributed by atoms with E-state index < -0.39 is 0 Å². The lowest BCUT2D eigenvalue weighted by atomic mass is 9.82. The summed E-state index contributed by atoms with van der Waals surface area (Å²) in [6.07, 6.45) is 7.03. The maximum absolute atomic E-state index is 6.04. The van der Waals surface area contributed by atoms with E-state index in [9.17, 15) is 0 Å². The molecule has 0 aromatic heterocycles. The smallest absolute Gasteiger partial charge is 0.0869 e. The summed E-state index contributed by atoms with van der Waals surface area (Å²) in [5.41, 5.74) is 1.70. The second kappa shape index (κ2) is 5.53. The van der Waals surface area contributed by atoms with E-state index in [-0.39, 0.29) is 11.1 Å². The highest BCUT2D eigenvalue weighted by Gasteiger charge is 2.42. The average molecular weight is 239 g/mol. The van der Waals surface area contributed by atoms with Gasteiger partial charge in [-0.1, -0.05) is 18.6 Å². The lowest BCUT2D eigenvalue weighted by Crippen LogP contribution is -2.58. The lowest BCUT2D eigenvalue weighted by Gasteiger charge is -2.51. The number of hydrogen-bond donors (Lipinski definition) is 0. The van der Waals surface area contributed by atoms with E-state index in [0.29, 0.717) is 6.61 Å². The number of rotatable bonds is 4. The summed E-state index contributed by atoms with van der Waals surface area (Å²) >= 11 is 0. The SMILES string of the molecule is CCC(C)=CCON1C(C)(C)CCCC1(C)C. The standard InChI is InChI=1S/C15H29NO/c1-7-13(2)9-12-17-16-14(3,4)10-8-11-15(16,5)6/h9H,7-8,10-12H2,1-6H3. The number of hydrogen-bond acceptors (Lipinski definition) is 2. The molecule has 0 bridgehead atoms. The molecule has 0 radical (unpaired) electrons. The quantitative estimate of drug-likeness (QED) is 0.678. The van der Waals surface area contributed by atoms with Crippen molar-refractivity contribution in [2.45, 2.75) is 78.3 Å². The van der Waals surface area contributed by atoms with Crippen LogP contribution in [0.2, 0.25) is 0 Å². The molecule has 1 aliphatic rings. The molecule has 1 aliphatic heterocycles. The number of piperidine rings is 1. The van der Waals surface area contributed by atoms with Crippen molar-refractivity contribution in [3.05, 3.63) is 11.6 Å². The van der Waals surface area contributed by atoms with Gasteiger partial charge in [-0.25, -0.2) is 0 Å². The molecule has 0 saturated carbocycles. The minimum absolute atomic E-state index is 0.149. The first-order valence-electron chi connectivity index (χ1n) is 6.88. The van der Waals surface area contributed by atoms with E-state index >= 15 is 0 Å². The van der Waals surface area contributed by atoms with Crippen molar-refractivity contribution in [2.24, 2.45) is 0 Å². The van der Waals surface area contributed by atoms with Gasteiger partial charge in [0.2, 0.25) is 0 Å². The normalized spacial score (nSPS) is 24.9. The third-order valence-electron chi connectivity index (χ3n) is 3.87. The molecule has 1 saturated heterocycles. The summed E-state index contributed by atoms with van der Waals surface area (Å²) < 4.78 is 0. The molecular weight excluding hydrogens is 210 g/mol. The summed E-state index contributed by atoms with van der Waals surface area (Å²) in [7, 11) is 0. The first-order chi connectivity index (χ1) is 7.79. The van der Waals surface area contributed by atoms with Gasteiger partial charge < -0.3 is 0 Å². The fourth-order valence-corrected chi connectivity index (χ4v) is 2.72. The molecule has 0 N–H and O–H groups in total. The van der Waals surface area contributed by atoms with Crippen molar-refractivity contribution in [2.75, 3.05) is 6.61 Å². The topological polar surface area (TPSA) is 12.5 Å². The fraction of sp³-hybridized carbons (Fsp3) is 0.867. The second-order valence-electron chi connectivity index (χ2n) is 6.47.